The van der Waals surface area contributed by atoms with Crippen LogP contribution >= 0.6 is 0 Å². The summed E-state index contributed by atoms with van der Waals surface area (Å²) in [4.78, 5) is 23.7. The number of nitrogens with one attached hydrogen (secondary N) is 2. The van der Waals surface area contributed by atoms with Gasteiger partial charge in [-0.15, -0.1) is 0 Å². The van der Waals surface area contributed by atoms with Crippen molar-refractivity contribution in [1.82, 2.24) is 0 Å². The Morgan fingerprint density at radius 1 is 0.958 bits per heavy atom. The highest BCUT2D eigenvalue weighted by atomic mass is 19.4. The molecule has 0 heterocycles. The van der Waals surface area contributed by atoms with Gasteiger partial charge >= 0.3 is 18.0 Å². The van der Waals surface area contributed by atoms with Gasteiger partial charge in [0, 0.05) is 11.8 Å². The molecule has 8 heteroatoms. The number of carbonyl (C=O) groups is 2. The first-order valence-electron chi connectivity index (χ1n) is 6.74. The summed E-state index contributed by atoms with van der Waals surface area (Å²) in [6.07, 6.45) is -4.65. The molecule has 5 nitrogen and oxygen atoms in total. The van der Waals surface area contributed by atoms with Crippen molar-refractivity contribution in [3.8, 4) is 5.75 Å². The second kappa shape index (κ2) is 7.03. The molecule has 0 unspecified atom stereocenters. The van der Waals surface area contributed by atoms with Gasteiger partial charge in [0.15, 0.2) is 0 Å². The monoisotopic (exact) mass is 338 g/mol. The van der Waals surface area contributed by atoms with Gasteiger partial charge in [0.2, 0.25) is 0 Å². The van der Waals surface area contributed by atoms with Gasteiger partial charge < -0.3 is 15.4 Å². The van der Waals surface area contributed by atoms with Gasteiger partial charge in [-0.05, 0) is 24.3 Å². The molecule has 0 aliphatic rings. The van der Waals surface area contributed by atoms with E-state index < -0.39 is 29.2 Å². The summed E-state index contributed by atoms with van der Waals surface area (Å²) in [5.41, 5.74) is -1.25. The van der Waals surface area contributed by atoms with E-state index in [0.29, 0.717) is 5.75 Å². The molecule has 0 aliphatic carbocycles. The van der Waals surface area contributed by atoms with E-state index in [9.17, 15) is 22.8 Å². The lowest BCUT2D eigenvalue weighted by atomic mass is 10.1. The number of para-hydroxylation sites is 1. The van der Waals surface area contributed by atoms with E-state index in [0.717, 1.165) is 12.1 Å². The number of amides is 2. The van der Waals surface area contributed by atoms with Gasteiger partial charge in [-0.25, -0.2) is 0 Å². The molecular weight excluding hydrogens is 325 g/mol. The Hall–Kier alpha value is -3.03. The fraction of sp³-hybridized carbons (Fsp3) is 0.125. The standard InChI is InChI=1S/C16H13F3N2O3/c1-24-11-6-4-5-10(9-11)20-14(22)15(23)21-13-8-3-2-7-12(13)16(17,18)19/h2-9H,1H3,(H,20,22)(H,21,23). The van der Waals surface area contributed by atoms with Gasteiger partial charge in [-0.1, -0.05) is 18.2 Å². The van der Waals surface area contributed by atoms with Crippen LogP contribution in [0.25, 0.3) is 0 Å². The zero-order valence-electron chi connectivity index (χ0n) is 12.5. The van der Waals surface area contributed by atoms with Crippen LogP contribution in [-0.4, -0.2) is 18.9 Å². The minimum absolute atomic E-state index is 0.276. The van der Waals surface area contributed by atoms with Crippen LogP contribution in [0.1, 0.15) is 5.56 Å². The van der Waals surface area contributed by atoms with Crippen molar-refractivity contribution >= 4 is 23.2 Å². The Kier molecular flexibility index (Phi) is 5.08. The van der Waals surface area contributed by atoms with Crippen LogP contribution in [0.15, 0.2) is 48.5 Å². The summed E-state index contributed by atoms with van der Waals surface area (Å²) >= 11 is 0. The molecule has 24 heavy (non-hydrogen) atoms. The van der Waals surface area contributed by atoms with E-state index in [-0.39, 0.29) is 5.69 Å². The average Bonchev–Trinajstić information content (AvgIpc) is 2.54. The van der Waals surface area contributed by atoms with Crippen LogP contribution < -0.4 is 15.4 Å². The lowest BCUT2D eigenvalue weighted by Crippen LogP contribution is -2.30. The molecule has 2 aromatic carbocycles. The van der Waals surface area contributed by atoms with Crippen LogP contribution in [0.4, 0.5) is 24.5 Å². The minimum Gasteiger partial charge on any atom is -0.497 e. The molecule has 0 fully saturated rings. The number of hydrogen-bond donors (Lipinski definition) is 2. The number of halogens is 3. The van der Waals surface area contributed by atoms with E-state index >= 15 is 0 Å². The lowest BCUT2D eigenvalue weighted by Gasteiger charge is -2.13. The van der Waals surface area contributed by atoms with E-state index in [2.05, 4.69) is 5.32 Å². The second-order valence-electron chi connectivity index (χ2n) is 4.68. The van der Waals surface area contributed by atoms with Crippen LogP contribution in [0, 0.1) is 0 Å². The third-order valence-electron chi connectivity index (χ3n) is 3.01. The Morgan fingerprint density at radius 2 is 1.62 bits per heavy atom. The number of benzene rings is 2. The molecule has 0 saturated heterocycles. The SMILES string of the molecule is COc1cccc(NC(=O)C(=O)Nc2ccccc2C(F)(F)F)c1. The van der Waals surface area contributed by atoms with Crippen molar-refractivity contribution in [1.29, 1.82) is 0 Å². The summed E-state index contributed by atoms with van der Waals surface area (Å²) in [6, 6.07) is 10.6. The highest BCUT2D eigenvalue weighted by molar-refractivity contribution is 6.43. The maximum atomic E-state index is 12.9. The molecule has 2 rings (SSSR count). The fourth-order valence-corrected chi connectivity index (χ4v) is 1.91. The van der Waals surface area contributed by atoms with Crippen molar-refractivity contribution in [3.05, 3.63) is 54.1 Å². The van der Waals surface area contributed by atoms with Gasteiger partial charge in [0.05, 0.1) is 18.4 Å². The largest absolute Gasteiger partial charge is 0.497 e. The van der Waals surface area contributed by atoms with Crippen molar-refractivity contribution in [3.63, 3.8) is 0 Å². The quantitative estimate of drug-likeness (QED) is 0.844. The Labute approximate surface area is 135 Å². The molecule has 0 aromatic heterocycles. The number of anilines is 2. The van der Waals surface area contributed by atoms with Crippen molar-refractivity contribution in [2.45, 2.75) is 6.18 Å². The third-order valence-corrected chi connectivity index (χ3v) is 3.01. The molecular formula is C16H13F3N2O3. The maximum absolute atomic E-state index is 12.9. The van der Waals surface area contributed by atoms with Crippen LogP contribution in [-0.2, 0) is 15.8 Å². The molecule has 0 bridgehead atoms. The van der Waals surface area contributed by atoms with Crippen molar-refractivity contribution in [2.24, 2.45) is 0 Å². The first-order valence-corrected chi connectivity index (χ1v) is 6.74. The van der Waals surface area contributed by atoms with E-state index in [1.807, 2.05) is 5.32 Å². The summed E-state index contributed by atoms with van der Waals surface area (Å²) in [6.45, 7) is 0. The number of alkyl halides is 3. The predicted octanol–water partition coefficient (Wildman–Crippen LogP) is 3.29. The van der Waals surface area contributed by atoms with Crippen LogP contribution in [0.5, 0.6) is 5.75 Å². The molecule has 0 atom stereocenters. The molecule has 0 spiro atoms. The highest BCUT2D eigenvalue weighted by Crippen LogP contribution is 2.34. The normalized spacial score (nSPS) is 10.8. The lowest BCUT2D eigenvalue weighted by molar-refractivity contribution is -0.137. The minimum atomic E-state index is -4.65. The Bertz CT molecular complexity index is 760. The van der Waals surface area contributed by atoms with Crippen LogP contribution in [0.2, 0.25) is 0 Å². The molecule has 2 aromatic rings. The second-order valence-corrected chi connectivity index (χ2v) is 4.68. The molecule has 0 aliphatic heterocycles. The number of hydrogen-bond acceptors (Lipinski definition) is 3. The first kappa shape index (κ1) is 17.3. The summed E-state index contributed by atoms with van der Waals surface area (Å²) < 4.78 is 43.6. The highest BCUT2D eigenvalue weighted by Gasteiger charge is 2.34. The number of carbonyl (C=O) groups excluding carboxylic acids is 2. The summed E-state index contributed by atoms with van der Waals surface area (Å²) in [7, 11) is 1.43. The number of methoxy groups -OCH3 is 1. The van der Waals surface area contributed by atoms with Gasteiger partial charge in [0.25, 0.3) is 0 Å². The average molecular weight is 338 g/mol. The van der Waals surface area contributed by atoms with Crippen molar-refractivity contribution < 1.29 is 27.5 Å². The number of ether oxygens (including phenoxy) is 1. The van der Waals surface area contributed by atoms with Gasteiger partial charge in [0.1, 0.15) is 5.75 Å². The zero-order valence-corrected chi connectivity index (χ0v) is 12.5. The molecule has 2 amide bonds. The van der Waals surface area contributed by atoms with E-state index in [4.69, 9.17) is 4.74 Å². The number of rotatable bonds is 3. The first-order chi connectivity index (χ1) is 11.3. The molecule has 2 N–H and O–H groups in total. The Morgan fingerprint density at radius 3 is 2.29 bits per heavy atom. The maximum Gasteiger partial charge on any atom is 0.418 e. The van der Waals surface area contributed by atoms with Crippen LogP contribution in [0.3, 0.4) is 0 Å². The van der Waals surface area contributed by atoms with Gasteiger partial charge in [-0.3, -0.25) is 9.59 Å². The van der Waals surface area contributed by atoms with E-state index in [1.165, 1.54) is 31.4 Å². The summed E-state index contributed by atoms with van der Waals surface area (Å²) in [5.74, 6) is -1.86. The fourth-order valence-electron chi connectivity index (χ4n) is 1.91. The van der Waals surface area contributed by atoms with E-state index in [1.54, 1.807) is 12.1 Å². The predicted molar refractivity (Wildman–Crippen MR) is 81.7 cm³/mol. The third kappa shape index (κ3) is 4.25. The molecule has 126 valence electrons. The Balaban J connectivity index is 2.11. The molecule has 0 radical (unpaired) electrons. The topological polar surface area (TPSA) is 67.4 Å². The summed E-state index contributed by atoms with van der Waals surface area (Å²) in [5, 5.41) is 4.25. The smallest absolute Gasteiger partial charge is 0.418 e. The van der Waals surface area contributed by atoms with Crippen molar-refractivity contribution in [2.75, 3.05) is 17.7 Å². The van der Waals surface area contributed by atoms with Gasteiger partial charge in [-0.2, -0.15) is 13.2 Å². The molecule has 0 saturated carbocycles. The zero-order chi connectivity index (χ0) is 17.7.